The van der Waals surface area contributed by atoms with Crippen LogP contribution in [0.5, 0.6) is 11.5 Å². The molecule has 1 heterocycles. The molecule has 0 radical (unpaired) electrons. The first-order valence-corrected chi connectivity index (χ1v) is 14.0. The van der Waals surface area contributed by atoms with Crippen molar-refractivity contribution in [2.24, 2.45) is 5.10 Å². The molecule has 1 N–H and O–H groups in total. The van der Waals surface area contributed by atoms with Crippen molar-refractivity contribution in [3.05, 3.63) is 90.3 Å². The zero-order valence-corrected chi connectivity index (χ0v) is 25.3. The Morgan fingerprint density at radius 2 is 1.90 bits per heavy atom. The zero-order valence-electron chi connectivity index (χ0n) is 21.4. The van der Waals surface area contributed by atoms with Crippen molar-refractivity contribution in [3.8, 4) is 11.5 Å². The number of benzene rings is 3. The largest absolute Gasteiger partial charge is 0.493 e. The molecule has 0 saturated heterocycles. The first-order chi connectivity index (χ1) is 18.7. The van der Waals surface area contributed by atoms with E-state index in [1.807, 2.05) is 19.9 Å². The van der Waals surface area contributed by atoms with Crippen molar-refractivity contribution in [2.45, 2.75) is 26.2 Å². The van der Waals surface area contributed by atoms with Crippen molar-refractivity contribution < 1.29 is 14.3 Å². The highest BCUT2D eigenvalue weighted by atomic mass is 79.9. The molecular weight excluding hydrogens is 652 g/mol. The van der Waals surface area contributed by atoms with Crippen molar-refractivity contribution in [1.29, 1.82) is 0 Å². The van der Waals surface area contributed by atoms with E-state index in [0.29, 0.717) is 49.0 Å². The maximum atomic E-state index is 13.5. The molecule has 4 rings (SSSR count). The van der Waals surface area contributed by atoms with Crippen LogP contribution in [-0.4, -0.2) is 35.5 Å². The van der Waals surface area contributed by atoms with Gasteiger partial charge >= 0.3 is 0 Å². The van der Waals surface area contributed by atoms with Gasteiger partial charge in [-0.05, 0) is 61.0 Å². The second kappa shape index (κ2) is 12.8. The number of hydrogen-bond donors (Lipinski definition) is 1. The topological polar surface area (TPSA) is 94.8 Å². The van der Waals surface area contributed by atoms with E-state index in [0.717, 1.165) is 10.9 Å². The van der Waals surface area contributed by atoms with Gasteiger partial charge in [0.2, 0.25) is 0 Å². The molecule has 1 amide bonds. The molecule has 39 heavy (non-hydrogen) atoms. The normalized spacial score (nSPS) is 12.1. The number of anilines is 1. The van der Waals surface area contributed by atoms with E-state index in [2.05, 4.69) is 42.3 Å². The number of methoxy groups -OCH3 is 1. The lowest BCUT2D eigenvalue weighted by molar-refractivity contribution is -0.118. The van der Waals surface area contributed by atoms with E-state index in [9.17, 15) is 9.59 Å². The predicted octanol–water partition coefficient (Wildman–Crippen LogP) is 7.00. The van der Waals surface area contributed by atoms with Crippen LogP contribution in [0.1, 0.15) is 37.6 Å². The minimum Gasteiger partial charge on any atom is -0.493 e. The first kappa shape index (κ1) is 28.8. The second-order valence-electron chi connectivity index (χ2n) is 8.67. The number of amides is 1. The summed E-state index contributed by atoms with van der Waals surface area (Å²) in [5, 5.41) is 8.30. The van der Waals surface area contributed by atoms with Crippen LogP contribution < -0.4 is 20.3 Å². The maximum Gasteiger partial charge on any atom is 0.282 e. The van der Waals surface area contributed by atoms with Gasteiger partial charge in [-0.2, -0.15) is 9.78 Å². The highest BCUT2D eigenvalue weighted by molar-refractivity contribution is 9.10. The summed E-state index contributed by atoms with van der Waals surface area (Å²) >= 11 is 12.8. The van der Waals surface area contributed by atoms with Gasteiger partial charge in [-0.15, -0.1) is 0 Å². The van der Waals surface area contributed by atoms with Crippen LogP contribution in [0, 0.1) is 0 Å². The Labute approximate surface area is 247 Å². The van der Waals surface area contributed by atoms with Gasteiger partial charge < -0.3 is 14.8 Å². The van der Waals surface area contributed by atoms with E-state index in [1.165, 1.54) is 18.0 Å². The molecule has 1 atom stereocenters. The standard InChI is InChI=1S/C28H25Br2ClN4O4/c1-4-16(2)27-34-23-10-5-18(29)12-22(23)28(37)35(27)32-14-17-11-19(30)13-24(38-3)26(17)39-15-25(36)33-21-8-6-20(31)7-9-21/h5-14,16H,4,15H2,1-3H3,(H,33,36)/t16-/m0/s1. The Kier molecular flexibility index (Phi) is 9.42. The number of fused-ring (bicyclic) bond motifs is 1. The highest BCUT2D eigenvalue weighted by Crippen LogP contribution is 2.34. The van der Waals surface area contributed by atoms with Crippen LogP contribution in [0.4, 0.5) is 5.69 Å². The molecule has 0 aliphatic rings. The maximum absolute atomic E-state index is 13.5. The Morgan fingerprint density at radius 1 is 1.15 bits per heavy atom. The fourth-order valence-electron chi connectivity index (χ4n) is 3.76. The summed E-state index contributed by atoms with van der Waals surface area (Å²) in [6.45, 7) is 3.73. The highest BCUT2D eigenvalue weighted by Gasteiger charge is 2.17. The molecule has 11 heteroatoms. The minimum atomic E-state index is -0.371. The van der Waals surface area contributed by atoms with Gasteiger partial charge in [-0.1, -0.05) is 57.3 Å². The van der Waals surface area contributed by atoms with Crippen LogP contribution >= 0.6 is 43.5 Å². The lowest BCUT2D eigenvalue weighted by Crippen LogP contribution is -2.24. The summed E-state index contributed by atoms with van der Waals surface area (Å²) in [4.78, 5) is 30.8. The smallest absolute Gasteiger partial charge is 0.282 e. The molecule has 0 unspecified atom stereocenters. The van der Waals surface area contributed by atoms with Crippen molar-refractivity contribution in [3.63, 3.8) is 0 Å². The fourth-order valence-corrected chi connectivity index (χ4v) is 4.70. The van der Waals surface area contributed by atoms with E-state index in [4.69, 9.17) is 26.1 Å². The van der Waals surface area contributed by atoms with Gasteiger partial charge in [-0.3, -0.25) is 9.59 Å². The van der Waals surface area contributed by atoms with Crippen LogP contribution in [0.2, 0.25) is 5.02 Å². The fraction of sp³-hybridized carbons (Fsp3) is 0.214. The molecule has 202 valence electrons. The van der Waals surface area contributed by atoms with E-state index in [1.54, 1.807) is 48.5 Å². The van der Waals surface area contributed by atoms with Gasteiger partial charge in [-0.25, -0.2) is 4.98 Å². The molecule has 0 spiro atoms. The SMILES string of the molecule is CC[C@H](C)c1nc2ccc(Br)cc2c(=O)n1N=Cc1cc(Br)cc(OC)c1OCC(=O)Nc1ccc(Cl)cc1. The number of nitrogens with zero attached hydrogens (tertiary/aromatic N) is 3. The summed E-state index contributed by atoms with van der Waals surface area (Å²) in [6.07, 6.45) is 2.27. The van der Waals surface area contributed by atoms with E-state index < -0.39 is 0 Å². The molecular formula is C28H25Br2ClN4O4. The van der Waals surface area contributed by atoms with Crippen LogP contribution in [0.15, 0.2) is 73.4 Å². The number of rotatable bonds is 9. The quantitative estimate of drug-likeness (QED) is 0.193. The lowest BCUT2D eigenvalue weighted by atomic mass is 10.1. The number of aromatic nitrogens is 2. The van der Waals surface area contributed by atoms with Gasteiger partial charge in [0.15, 0.2) is 18.1 Å². The number of carbonyl (C=O) groups is 1. The number of halogens is 3. The van der Waals surface area contributed by atoms with Gasteiger partial charge in [0.05, 0.1) is 24.2 Å². The number of hydrogen-bond acceptors (Lipinski definition) is 6. The molecule has 1 aromatic heterocycles. The Bertz CT molecular complexity index is 1610. The average molecular weight is 677 g/mol. The summed E-state index contributed by atoms with van der Waals surface area (Å²) < 4.78 is 14.2. The molecule has 0 bridgehead atoms. The monoisotopic (exact) mass is 674 g/mol. The van der Waals surface area contributed by atoms with Crippen LogP contribution in [0.3, 0.4) is 0 Å². The first-order valence-electron chi connectivity index (χ1n) is 12.0. The van der Waals surface area contributed by atoms with Crippen LogP contribution in [0.25, 0.3) is 10.9 Å². The molecule has 0 aliphatic heterocycles. The zero-order chi connectivity index (χ0) is 28.1. The Hall–Kier alpha value is -3.21. The Balaban J connectivity index is 1.70. The third-order valence-corrected chi connectivity index (χ3v) is 7.15. The predicted molar refractivity (Wildman–Crippen MR) is 162 cm³/mol. The third-order valence-electron chi connectivity index (χ3n) is 5.94. The van der Waals surface area contributed by atoms with Crippen molar-refractivity contribution in [2.75, 3.05) is 19.0 Å². The van der Waals surface area contributed by atoms with Gasteiger partial charge in [0.25, 0.3) is 11.5 Å². The molecule has 4 aromatic rings. The summed E-state index contributed by atoms with van der Waals surface area (Å²) in [5.41, 5.74) is 1.39. The number of nitrogens with one attached hydrogen (secondary N) is 1. The lowest BCUT2D eigenvalue weighted by Gasteiger charge is -2.15. The molecule has 3 aromatic carbocycles. The number of ether oxygens (including phenoxy) is 2. The van der Waals surface area contributed by atoms with Gasteiger partial charge in [0.1, 0.15) is 5.82 Å². The Morgan fingerprint density at radius 3 is 2.59 bits per heavy atom. The third kappa shape index (κ3) is 6.87. The molecule has 0 fully saturated rings. The van der Waals surface area contributed by atoms with Crippen LogP contribution in [-0.2, 0) is 4.79 Å². The summed E-state index contributed by atoms with van der Waals surface area (Å²) in [6, 6.07) is 15.6. The van der Waals surface area contributed by atoms with E-state index >= 15 is 0 Å². The summed E-state index contributed by atoms with van der Waals surface area (Å²) in [7, 11) is 1.50. The van der Waals surface area contributed by atoms with E-state index in [-0.39, 0.29) is 24.0 Å². The average Bonchev–Trinajstić information content (AvgIpc) is 2.92. The van der Waals surface area contributed by atoms with Crippen molar-refractivity contribution >= 4 is 72.2 Å². The molecule has 0 saturated carbocycles. The minimum absolute atomic E-state index is 0.0211. The molecule has 8 nitrogen and oxygen atoms in total. The second-order valence-corrected chi connectivity index (χ2v) is 10.9. The van der Waals surface area contributed by atoms with Gasteiger partial charge in [0, 0.05) is 31.1 Å². The molecule has 0 aliphatic carbocycles. The summed E-state index contributed by atoms with van der Waals surface area (Å²) in [5.74, 6) is 0.836. The number of carbonyl (C=O) groups excluding carboxylic acids is 1. The van der Waals surface area contributed by atoms with Crippen molar-refractivity contribution in [1.82, 2.24) is 9.66 Å².